The number of carbonyl (C=O) groups excluding carboxylic acids is 2. The fraction of sp³-hybridized carbons (Fsp3) is 0.652. The monoisotopic (exact) mass is 837 g/mol. The molecule has 0 spiro atoms. The van der Waals surface area contributed by atoms with E-state index in [0.29, 0.717) is 36.7 Å². The van der Waals surface area contributed by atoms with Crippen molar-refractivity contribution in [1.29, 1.82) is 0 Å². The molecule has 0 saturated heterocycles. The van der Waals surface area contributed by atoms with Crippen molar-refractivity contribution in [3.05, 3.63) is 85.1 Å². The standard InChI is InChI=1S/C46H78NO10P/c1-6-8-10-11-12-13-14-15-16-17-18-19-23-26-30-36-46(51)57-44(41-56-58(52,53)55-39-38-47(3,4)5)40-54-45(50)37-31-35-43(49)34-29-25-22-20-21-24-28-33-42(48)32-27-9-7-2/h8,10,12-13,15-16,21-22,24-25,28-29,33-34,42-44,48-49H,6-7,9,11,14,17-20,23,26-27,30-32,35-41H2,1-5H3/p+1/b10-8-,13-12-,16-15-,24-21-,25-22-,33-28+,34-29+/t42-,43-,44+/m0/s1. The Balaban J connectivity index is 4.65. The fourth-order valence-electron chi connectivity index (χ4n) is 5.18. The molecule has 0 aliphatic heterocycles. The molecular formula is C46H79NO10P+. The maximum absolute atomic E-state index is 12.7. The summed E-state index contributed by atoms with van der Waals surface area (Å²) in [4.78, 5) is 35.4. The van der Waals surface area contributed by atoms with Gasteiger partial charge in [-0.25, -0.2) is 4.57 Å². The SMILES string of the molecule is CC/C=C\C/C=C\C/C=C\CCCCCCCC(=O)O[C@H](COC(=O)CCC[C@@H](O)/C=C/C=C\C/C=C\C=C\[C@@H](O)CCCCC)COP(=O)(O)OCC[N+](C)(C)C. The maximum Gasteiger partial charge on any atom is 0.472 e. The van der Waals surface area contributed by atoms with E-state index in [9.17, 15) is 29.3 Å². The molecule has 0 fully saturated rings. The predicted molar refractivity (Wildman–Crippen MR) is 236 cm³/mol. The average Bonchev–Trinajstić information content (AvgIpc) is 3.16. The number of quaternary nitrogens is 1. The summed E-state index contributed by atoms with van der Waals surface area (Å²) in [7, 11) is 1.32. The highest BCUT2D eigenvalue weighted by atomic mass is 31.2. The van der Waals surface area contributed by atoms with Crippen LogP contribution in [0.1, 0.15) is 129 Å². The van der Waals surface area contributed by atoms with Gasteiger partial charge in [-0.1, -0.05) is 137 Å². The highest BCUT2D eigenvalue weighted by molar-refractivity contribution is 7.47. The molecule has 0 saturated carbocycles. The molecule has 1 unspecified atom stereocenters. The van der Waals surface area contributed by atoms with Crippen LogP contribution in [-0.2, 0) is 32.7 Å². The molecule has 3 N–H and O–H groups in total. The molecule has 12 heteroatoms. The van der Waals surface area contributed by atoms with Crippen LogP contribution in [0.4, 0.5) is 0 Å². The van der Waals surface area contributed by atoms with Crippen molar-refractivity contribution in [2.24, 2.45) is 0 Å². The molecule has 332 valence electrons. The van der Waals surface area contributed by atoms with Gasteiger partial charge in [0.1, 0.15) is 19.8 Å². The minimum absolute atomic E-state index is 0.0141. The summed E-state index contributed by atoms with van der Waals surface area (Å²) in [5.74, 6) is -1.06. The molecule has 0 aromatic rings. The molecule has 11 nitrogen and oxygen atoms in total. The highest BCUT2D eigenvalue weighted by Crippen LogP contribution is 2.43. The topological polar surface area (TPSA) is 149 Å². The molecular weight excluding hydrogens is 757 g/mol. The first-order valence-electron chi connectivity index (χ1n) is 21.5. The number of ether oxygens (including phenoxy) is 2. The minimum atomic E-state index is -4.44. The van der Waals surface area contributed by atoms with E-state index in [1.54, 1.807) is 18.2 Å². The zero-order valence-electron chi connectivity index (χ0n) is 36.5. The van der Waals surface area contributed by atoms with Gasteiger partial charge in [0.05, 0.1) is 40.0 Å². The number of carbonyl (C=O) groups is 2. The van der Waals surface area contributed by atoms with Crippen LogP contribution in [0, 0.1) is 0 Å². The second-order valence-electron chi connectivity index (χ2n) is 15.4. The Bertz CT molecular complexity index is 1300. The molecule has 0 aliphatic carbocycles. The number of hydrogen-bond acceptors (Lipinski definition) is 9. The van der Waals surface area contributed by atoms with E-state index in [1.807, 2.05) is 51.5 Å². The number of aliphatic hydroxyl groups excluding tert-OH is 2. The van der Waals surface area contributed by atoms with Crippen LogP contribution >= 0.6 is 7.82 Å². The third-order valence-corrected chi connectivity index (χ3v) is 9.60. The van der Waals surface area contributed by atoms with E-state index in [2.05, 4.69) is 50.3 Å². The summed E-state index contributed by atoms with van der Waals surface area (Å²) < 4.78 is 34.1. The van der Waals surface area contributed by atoms with E-state index < -0.39 is 44.7 Å². The lowest BCUT2D eigenvalue weighted by atomic mass is 10.1. The van der Waals surface area contributed by atoms with Crippen LogP contribution in [0.15, 0.2) is 85.1 Å². The number of hydrogen-bond donors (Lipinski definition) is 3. The van der Waals surface area contributed by atoms with E-state index >= 15 is 0 Å². The number of aliphatic hydroxyl groups is 2. The molecule has 0 bridgehead atoms. The molecule has 0 aromatic carbocycles. The Hall–Kier alpha value is -2.89. The zero-order valence-corrected chi connectivity index (χ0v) is 37.4. The van der Waals surface area contributed by atoms with E-state index in [0.717, 1.165) is 77.0 Å². The predicted octanol–water partition coefficient (Wildman–Crippen LogP) is 9.96. The summed E-state index contributed by atoms with van der Waals surface area (Å²) in [5, 5.41) is 20.2. The van der Waals surface area contributed by atoms with Crippen molar-refractivity contribution in [3.63, 3.8) is 0 Å². The van der Waals surface area contributed by atoms with Crippen LogP contribution in [-0.4, -0.2) is 97.3 Å². The van der Waals surface area contributed by atoms with Gasteiger partial charge in [0.25, 0.3) is 0 Å². The Labute approximate surface area is 351 Å². The van der Waals surface area contributed by atoms with Gasteiger partial charge in [0.2, 0.25) is 0 Å². The smallest absolute Gasteiger partial charge is 0.462 e. The lowest BCUT2D eigenvalue weighted by molar-refractivity contribution is -0.870. The van der Waals surface area contributed by atoms with Gasteiger partial charge >= 0.3 is 19.8 Å². The van der Waals surface area contributed by atoms with Crippen LogP contribution in [0.5, 0.6) is 0 Å². The number of nitrogens with zero attached hydrogens (tertiary/aromatic N) is 1. The number of phosphoric ester groups is 1. The van der Waals surface area contributed by atoms with Gasteiger partial charge < -0.3 is 29.1 Å². The number of esters is 2. The molecule has 0 aromatic heterocycles. The normalized spacial score (nSPS) is 15.5. The number of likely N-dealkylation sites (N-methyl/N-ethyl adjacent to an activating group) is 1. The Morgan fingerprint density at radius 1 is 0.638 bits per heavy atom. The number of rotatable bonds is 37. The van der Waals surface area contributed by atoms with Gasteiger partial charge in [-0.15, -0.1) is 0 Å². The Morgan fingerprint density at radius 3 is 1.84 bits per heavy atom. The quantitative estimate of drug-likeness (QED) is 0.0138. The second-order valence-corrected chi connectivity index (χ2v) is 16.8. The van der Waals surface area contributed by atoms with Crippen LogP contribution in [0.3, 0.4) is 0 Å². The maximum atomic E-state index is 12.7. The third-order valence-electron chi connectivity index (χ3n) is 8.62. The molecule has 0 amide bonds. The second kappa shape index (κ2) is 37.1. The fourth-order valence-corrected chi connectivity index (χ4v) is 5.92. The number of unbranched alkanes of at least 4 members (excludes halogenated alkanes) is 7. The molecule has 0 rings (SSSR count). The van der Waals surface area contributed by atoms with Gasteiger partial charge in [-0.3, -0.25) is 18.6 Å². The van der Waals surface area contributed by atoms with Crippen LogP contribution in [0.25, 0.3) is 0 Å². The first-order chi connectivity index (χ1) is 27.8. The molecule has 0 aliphatic rings. The van der Waals surface area contributed by atoms with Crippen LogP contribution < -0.4 is 0 Å². The van der Waals surface area contributed by atoms with E-state index in [-0.39, 0.29) is 26.1 Å². The van der Waals surface area contributed by atoms with Crippen molar-refractivity contribution in [2.75, 3.05) is 47.5 Å². The molecule has 0 heterocycles. The average molecular weight is 837 g/mol. The van der Waals surface area contributed by atoms with Crippen molar-refractivity contribution < 1.29 is 52.3 Å². The van der Waals surface area contributed by atoms with Crippen molar-refractivity contribution in [2.45, 2.75) is 148 Å². The largest absolute Gasteiger partial charge is 0.472 e. The Morgan fingerprint density at radius 2 is 1.21 bits per heavy atom. The van der Waals surface area contributed by atoms with Gasteiger partial charge in [0.15, 0.2) is 6.10 Å². The van der Waals surface area contributed by atoms with Crippen molar-refractivity contribution >= 4 is 19.8 Å². The lowest BCUT2D eigenvalue weighted by Crippen LogP contribution is -2.37. The van der Waals surface area contributed by atoms with E-state index in [4.69, 9.17) is 18.5 Å². The third kappa shape index (κ3) is 39.9. The molecule has 58 heavy (non-hydrogen) atoms. The van der Waals surface area contributed by atoms with Crippen LogP contribution in [0.2, 0.25) is 0 Å². The summed E-state index contributed by atoms with van der Waals surface area (Å²) in [6.45, 7) is 3.89. The minimum Gasteiger partial charge on any atom is -0.462 e. The first-order valence-corrected chi connectivity index (χ1v) is 23.0. The van der Waals surface area contributed by atoms with Gasteiger partial charge in [0, 0.05) is 12.8 Å². The lowest BCUT2D eigenvalue weighted by Gasteiger charge is -2.24. The highest BCUT2D eigenvalue weighted by Gasteiger charge is 2.27. The Kier molecular flexibility index (Phi) is 35.3. The first kappa shape index (κ1) is 55.1. The van der Waals surface area contributed by atoms with Gasteiger partial charge in [-0.2, -0.15) is 0 Å². The van der Waals surface area contributed by atoms with Crippen molar-refractivity contribution in [3.8, 4) is 0 Å². The summed E-state index contributed by atoms with van der Waals surface area (Å²) in [5.41, 5.74) is 0. The number of phosphoric acid groups is 1. The summed E-state index contributed by atoms with van der Waals surface area (Å²) in [6.07, 6.45) is 39.9. The number of allylic oxidation sites excluding steroid dienone is 12. The molecule has 0 radical (unpaired) electrons. The summed E-state index contributed by atoms with van der Waals surface area (Å²) >= 11 is 0. The van der Waals surface area contributed by atoms with Gasteiger partial charge in [-0.05, 0) is 64.2 Å². The van der Waals surface area contributed by atoms with E-state index in [1.165, 1.54) is 0 Å². The summed E-state index contributed by atoms with van der Waals surface area (Å²) in [6, 6.07) is 0. The van der Waals surface area contributed by atoms with Crippen molar-refractivity contribution in [1.82, 2.24) is 0 Å². The molecule has 4 atom stereocenters. The zero-order chi connectivity index (χ0) is 43.2.